The molecular weight excluding hydrogens is 402 g/mol. The van der Waals surface area contributed by atoms with Crippen LogP contribution in [-0.2, 0) is 0 Å². The highest BCUT2D eigenvalue weighted by molar-refractivity contribution is 5.95. The number of fused-ring (bicyclic) bond motifs is 2. The minimum Gasteiger partial charge on any atom is -0.497 e. The van der Waals surface area contributed by atoms with Gasteiger partial charge in [0.05, 0.1) is 35.6 Å². The Morgan fingerprint density at radius 1 is 1.00 bits per heavy atom. The van der Waals surface area contributed by atoms with Crippen molar-refractivity contribution in [2.75, 3.05) is 20.2 Å². The van der Waals surface area contributed by atoms with Crippen LogP contribution in [0.1, 0.15) is 12.1 Å². The molecule has 0 saturated carbocycles. The molecule has 8 nitrogen and oxygen atoms in total. The van der Waals surface area contributed by atoms with E-state index >= 15 is 0 Å². The Morgan fingerprint density at radius 2 is 1.97 bits per heavy atom. The lowest BCUT2D eigenvalue weighted by Crippen LogP contribution is -2.20. The van der Waals surface area contributed by atoms with E-state index in [0.717, 1.165) is 64.1 Å². The normalized spacial score (nSPS) is 14.1. The van der Waals surface area contributed by atoms with Gasteiger partial charge in [0.1, 0.15) is 11.3 Å². The Labute approximate surface area is 183 Å². The first-order valence-corrected chi connectivity index (χ1v) is 10.5. The molecule has 0 fully saturated rings. The van der Waals surface area contributed by atoms with Gasteiger partial charge in [-0.1, -0.05) is 18.2 Å². The number of aromatic amines is 2. The van der Waals surface area contributed by atoms with Gasteiger partial charge in [0.25, 0.3) is 0 Å². The number of aromatic nitrogens is 6. The van der Waals surface area contributed by atoms with E-state index in [1.165, 1.54) is 5.57 Å². The highest BCUT2D eigenvalue weighted by Gasteiger charge is 2.18. The Hall–Kier alpha value is -4.04. The van der Waals surface area contributed by atoms with Crippen LogP contribution in [0.2, 0.25) is 0 Å². The zero-order valence-corrected chi connectivity index (χ0v) is 17.5. The molecule has 158 valence electrons. The summed E-state index contributed by atoms with van der Waals surface area (Å²) in [6.45, 7) is 1.84. The highest BCUT2D eigenvalue weighted by Crippen LogP contribution is 2.32. The molecule has 0 atom stereocenters. The molecule has 5 heterocycles. The van der Waals surface area contributed by atoms with Crippen molar-refractivity contribution < 1.29 is 4.74 Å². The smallest absolute Gasteiger partial charge is 0.161 e. The Balaban J connectivity index is 1.48. The molecule has 0 amide bonds. The van der Waals surface area contributed by atoms with E-state index in [0.29, 0.717) is 11.5 Å². The molecule has 0 unspecified atom stereocenters. The number of methoxy groups -OCH3 is 1. The lowest BCUT2D eigenvalue weighted by atomic mass is 10.1. The van der Waals surface area contributed by atoms with E-state index in [1.807, 2.05) is 42.6 Å². The topological polar surface area (TPSA) is 104 Å². The van der Waals surface area contributed by atoms with E-state index in [1.54, 1.807) is 13.3 Å². The first-order valence-electron chi connectivity index (χ1n) is 10.5. The van der Waals surface area contributed by atoms with E-state index in [4.69, 9.17) is 14.7 Å². The van der Waals surface area contributed by atoms with Crippen molar-refractivity contribution >= 4 is 27.6 Å². The number of rotatable bonds is 4. The zero-order valence-electron chi connectivity index (χ0n) is 17.5. The molecular formula is C24H21N7O. The van der Waals surface area contributed by atoms with Gasteiger partial charge >= 0.3 is 0 Å². The number of pyridine rings is 2. The number of benzene rings is 1. The molecule has 8 heteroatoms. The number of ether oxygens (including phenoxy) is 1. The summed E-state index contributed by atoms with van der Waals surface area (Å²) in [7, 11) is 1.66. The SMILES string of the molecule is COc1cccc(-c2cncc3[nH]c(-c4n[nH]c5ccc(C6=CCNCC6)nc45)nc23)c1. The number of nitrogens with zero attached hydrogens (tertiary/aromatic N) is 4. The third kappa shape index (κ3) is 3.12. The summed E-state index contributed by atoms with van der Waals surface area (Å²) in [4.78, 5) is 17.6. The van der Waals surface area contributed by atoms with Crippen LogP contribution in [0.15, 0.2) is 54.9 Å². The van der Waals surface area contributed by atoms with E-state index in [2.05, 4.69) is 31.6 Å². The second-order valence-electron chi connectivity index (χ2n) is 7.75. The van der Waals surface area contributed by atoms with Crippen molar-refractivity contribution in [3.05, 3.63) is 60.6 Å². The van der Waals surface area contributed by atoms with Crippen LogP contribution in [0.4, 0.5) is 0 Å². The molecule has 0 bridgehead atoms. The van der Waals surface area contributed by atoms with Crippen LogP contribution in [0, 0.1) is 0 Å². The fourth-order valence-electron chi connectivity index (χ4n) is 4.15. The van der Waals surface area contributed by atoms with Crippen molar-refractivity contribution in [2.45, 2.75) is 6.42 Å². The first kappa shape index (κ1) is 18.7. The van der Waals surface area contributed by atoms with Gasteiger partial charge in [-0.05, 0) is 48.4 Å². The summed E-state index contributed by atoms with van der Waals surface area (Å²) in [5.41, 5.74) is 8.21. The lowest BCUT2D eigenvalue weighted by Gasteiger charge is -2.13. The van der Waals surface area contributed by atoms with Crippen molar-refractivity contribution in [3.8, 4) is 28.4 Å². The lowest BCUT2D eigenvalue weighted by molar-refractivity contribution is 0.415. The maximum Gasteiger partial charge on any atom is 0.161 e. The number of nitrogens with one attached hydrogen (secondary N) is 3. The maximum atomic E-state index is 5.38. The molecule has 4 aromatic heterocycles. The number of hydrogen-bond acceptors (Lipinski definition) is 6. The molecule has 3 N–H and O–H groups in total. The van der Waals surface area contributed by atoms with Gasteiger partial charge in [0.2, 0.25) is 0 Å². The van der Waals surface area contributed by atoms with Gasteiger partial charge in [-0.2, -0.15) is 5.10 Å². The largest absolute Gasteiger partial charge is 0.497 e. The Morgan fingerprint density at radius 3 is 2.84 bits per heavy atom. The van der Waals surface area contributed by atoms with Gasteiger partial charge < -0.3 is 15.0 Å². The number of H-pyrrole nitrogens is 2. The molecule has 32 heavy (non-hydrogen) atoms. The van der Waals surface area contributed by atoms with Crippen LogP contribution in [-0.4, -0.2) is 50.3 Å². The average molecular weight is 423 g/mol. The fraction of sp³-hybridized carbons (Fsp3) is 0.167. The van der Waals surface area contributed by atoms with E-state index in [-0.39, 0.29) is 0 Å². The van der Waals surface area contributed by atoms with Crippen LogP contribution in [0.25, 0.3) is 50.3 Å². The molecule has 1 aliphatic heterocycles. The van der Waals surface area contributed by atoms with Gasteiger partial charge in [-0.3, -0.25) is 10.1 Å². The molecule has 5 aromatic rings. The third-order valence-corrected chi connectivity index (χ3v) is 5.80. The zero-order chi connectivity index (χ0) is 21.5. The van der Waals surface area contributed by atoms with Crippen LogP contribution >= 0.6 is 0 Å². The van der Waals surface area contributed by atoms with E-state index < -0.39 is 0 Å². The second kappa shape index (κ2) is 7.58. The van der Waals surface area contributed by atoms with Crippen molar-refractivity contribution in [2.24, 2.45) is 0 Å². The average Bonchev–Trinajstić information content (AvgIpc) is 3.48. The predicted octanol–water partition coefficient (Wildman–Crippen LogP) is 3.95. The van der Waals surface area contributed by atoms with Crippen LogP contribution in [0.5, 0.6) is 5.75 Å². The summed E-state index contributed by atoms with van der Waals surface area (Å²) in [5, 5.41) is 11.0. The standard InChI is InChI=1S/C24H21N7O/c1-32-16-4-2-3-15(11-16)17-12-26-13-20-21(17)29-24(28-20)23-22-19(30-31-23)6-5-18(27-22)14-7-9-25-10-8-14/h2-7,11-13,25H,8-10H2,1H3,(H,28,29)(H,30,31). The molecule has 0 spiro atoms. The molecule has 0 aliphatic carbocycles. The van der Waals surface area contributed by atoms with Crippen LogP contribution in [0.3, 0.4) is 0 Å². The molecule has 1 aromatic carbocycles. The third-order valence-electron chi connectivity index (χ3n) is 5.80. The summed E-state index contributed by atoms with van der Waals surface area (Å²) >= 11 is 0. The fourth-order valence-corrected chi connectivity index (χ4v) is 4.15. The highest BCUT2D eigenvalue weighted by atomic mass is 16.5. The van der Waals surface area contributed by atoms with Gasteiger partial charge in [0.15, 0.2) is 11.5 Å². The van der Waals surface area contributed by atoms with Gasteiger partial charge in [0, 0.05) is 18.3 Å². The predicted molar refractivity (Wildman–Crippen MR) is 124 cm³/mol. The first-order chi connectivity index (χ1) is 15.8. The summed E-state index contributed by atoms with van der Waals surface area (Å²) in [6.07, 6.45) is 6.77. The van der Waals surface area contributed by atoms with Crippen LogP contribution < -0.4 is 10.1 Å². The Kier molecular flexibility index (Phi) is 4.43. The summed E-state index contributed by atoms with van der Waals surface area (Å²) in [6, 6.07) is 12.0. The minimum absolute atomic E-state index is 0.660. The molecule has 0 saturated heterocycles. The number of hydrogen-bond donors (Lipinski definition) is 3. The Bertz CT molecular complexity index is 1480. The van der Waals surface area contributed by atoms with Crippen molar-refractivity contribution in [1.82, 2.24) is 35.5 Å². The molecule has 0 radical (unpaired) electrons. The maximum absolute atomic E-state index is 5.38. The van der Waals surface area contributed by atoms with E-state index in [9.17, 15) is 0 Å². The monoisotopic (exact) mass is 423 g/mol. The quantitative estimate of drug-likeness (QED) is 0.404. The molecule has 6 rings (SSSR count). The number of imidazole rings is 1. The van der Waals surface area contributed by atoms with Crippen molar-refractivity contribution in [3.63, 3.8) is 0 Å². The summed E-state index contributed by atoms with van der Waals surface area (Å²) < 4.78 is 5.38. The van der Waals surface area contributed by atoms with Gasteiger partial charge in [-0.25, -0.2) is 9.97 Å². The van der Waals surface area contributed by atoms with Gasteiger partial charge in [-0.15, -0.1) is 0 Å². The summed E-state index contributed by atoms with van der Waals surface area (Å²) in [5.74, 6) is 1.45. The second-order valence-corrected chi connectivity index (χ2v) is 7.75. The molecule has 1 aliphatic rings. The van der Waals surface area contributed by atoms with Crippen molar-refractivity contribution in [1.29, 1.82) is 0 Å². The minimum atomic E-state index is 0.660.